The van der Waals surface area contributed by atoms with Crippen LogP contribution in [0, 0.1) is 0 Å². The van der Waals surface area contributed by atoms with Gasteiger partial charge in [-0.1, -0.05) is 43.7 Å². The number of hydrogen-bond acceptors (Lipinski definition) is 5. The first-order chi connectivity index (χ1) is 14.5. The van der Waals surface area contributed by atoms with E-state index in [4.69, 9.17) is 16.2 Å². The van der Waals surface area contributed by atoms with Crippen LogP contribution in [0.5, 0.6) is 0 Å². The quantitative estimate of drug-likeness (QED) is 0.411. The van der Waals surface area contributed by atoms with Crippen LogP contribution in [0.25, 0.3) is 0 Å². The van der Waals surface area contributed by atoms with Crippen LogP contribution in [0.2, 0.25) is 0 Å². The monoisotopic (exact) mass is 410 g/mol. The fourth-order valence-corrected chi connectivity index (χ4v) is 4.08. The highest BCUT2D eigenvalue weighted by Crippen LogP contribution is 2.37. The van der Waals surface area contributed by atoms with Gasteiger partial charge in [0, 0.05) is 44.2 Å². The summed E-state index contributed by atoms with van der Waals surface area (Å²) in [5, 5.41) is 3.33. The number of carbonyl (C=O) groups is 1. The predicted molar refractivity (Wildman–Crippen MR) is 123 cm³/mol. The van der Waals surface area contributed by atoms with Gasteiger partial charge in [-0.05, 0) is 43.0 Å². The van der Waals surface area contributed by atoms with Gasteiger partial charge in [0.2, 0.25) is 0 Å². The summed E-state index contributed by atoms with van der Waals surface area (Å²) in [5.41, 5.74) is 14.0. The predicted octanol–water partition coefficient (Wildman–Crippen LogP) is 3.59. The van der Waals surface area contributed by atoms with Gasteiger partial charge in [0.15, 0.2) is 0 Å². The molecule has 0 spiro atoms. The number of benzene rings is 2. The van der Waals surface area contributed by atoms with Crippen LogP contribution in [0.1, 0.15) is 48.5 Å². The van der Waals surface area contributed by atoms with Gasteiger partial charge >= 0.3 is 0 Å². The molecule has 0 aromatic heterocycles. The van der Waals surface area contributed by atoms with Crippen LogP contribution in [-0.4, -0.2) is 43.6 Å². The van der Waals surface area contributed by atoms with Gasteiger partial charge in [-0.15, -0.1) is 0 Å². The number of amides is 1. The Balaban J connectivity index is 1.56. The average Bonchev–Trinajstić information content (AvgIpc) is 2.76. The van der Waals surface area contributed by atoms with E-state index in [0.29, 0.717) is 11.3 Å². The molecule has 0 aliphatic carbocycles. The topological polar surface area (TPSA) is 93.6 Å². The van der Waals surface area contributed by atoms with Crippen LogP contribution >= 0.6 is 0 Å². The zero-order valence-electron chi connectivity index (χ0n) is 17.9. The van der Waals surface area contributed by atoms with E-state index in [1.165, 1.54) is 5.56 Å². The lowest BCUT2D eigenvalue weighted by molar-refractivity contribution is -0.0902. The summed E-state index contributed by atoms with van der Waals surface area (Å²) in [6.45, 7) is 6.58. The van der Waals surface area contributed by atoms with E-state index in [1.807, 2.05) is 6.07 Å². The Kier molecular flexibility index (Phi) is 7.71. The maximum absolute atomic E-state index is 11.7. The minimum atomic E-state index is -0.473. The fraction of sp³-hybridized carbons (Fsp3) is 0.458. The molecule has 3 rings (SSSR count). The molecule has 0 unspecified atom stereocenters. The molecule has 1 saturated heterocycles. The molecule has 1 aliphatic rings. The summed E-state index contributed by atoms with van der Waals surface area (Å²) in [7, 11) is 0. The SMILES string of the molecule is CCCCOC1(c2ccccc2)CCN(CCNc2ccc(N)cc2C(N)=O)CC1. The molecule has 162 valence electrons. The molecule has 1 heterocycles. The van der Waals surface area contributed by atoms with E-state index in [-0.39, 0.29) is 5.60 Å². The third-order valence-corrected chi connectivity index (χ3v) is 5.89. The third kappa shape index (κ3) is 5.52. The van der Waals surface area contributed by atoms with Gasteiger partial charge in [0.1, 0.15) is 0 Å². The smallest absolute Gasteiger partial charge is 0.250 e. The lowest BCUT2D eigenvalue weighted by Gasteiger charge is -2.42. The Morgan fingerprint density at radius 2 is 1.90 bits per heavy atom. The summed E-state index contributed by atoms with van der Waals surface area (Å²) in [6.07, 6.45) is 4.19. The molecule has 0 radical (unpaired) electrons. The number of nitrogens with one attached hydrogen (secondary N) is 1. The second kappa shape index (κ2) is 10.5. The molecular formula is C24H34N4O2. The van der Waals surface area contributed by atoms with Crippen molar-refractivity contribution in [2.75, 3.05) is 43.8 Å². The van der Waals surface area contributed by atoms with Gasteiger partial charge in [0.05, 0.1) is 11.2 Å². The van der Waals surface area contributed by atoms with Gasteiger partial charge in [0.25, 0.3) is 5.91 Å². The summed E-state index contributed by atoms with van der Waals surface area (Å²) < 4.78 is 6.47. The molecule has 1 amide bonds. The zero-order valence-corrected chi connectivity index (χ0v) is 17.9. The van der Waals surface area contributed by atoms with Crippen LogP contribution in [0.15, 0.2) is 48.5 Å². The Morgan fingerprint density at radius 1 is 1.17 bits per heavy atom. The third-order valence-electron chi connectivity index (χ3n) is 5.89. The number of carbonyl (C=O) groups excluding carboxylic acids is 1. The lowest BCUT2D eigenvalue weighted by Crippen LogP contribution is -2.45. The zero-order chi connectivity index (χ0) is 21.4. The molecule has 1 fully saturated rings. The second-order valence-corrected chi connectivity index (χ2v) is 8.00. The van der Waals surface area contributed by atoms with Crippen molar-refractivity contribution in [2.24, 2.45) is 5.73 Å². The number of unbranched alkanes of at least 4 members (excludes halogenated alkanes) is 1. The Labute approximate surface area is 179 Å². The lowest BCUT2D eigenvalue weighted by atomic mass is 9.84. The van der Waals surface area contributed by atoms with Gasteiger partial charge in [-0.25, -0.2) is 0 Å². The molecule has 6 heteroatoms. The van der Waals surface area contributed by atoms with E-state index < -0.39 is 5.91 Å². The van der Waals surface area contributed by atoms with Crippen molar-refractivity contribution < 1.29 is 9.53 Å². The summed E-state index contributed by atoms with van der Waals surface area (Å²) in [5.74, 6) is -0.473. The number of nitrogens with zero attached hydrogens (tertiary/aromatic N) is 1. The van der Waals surface area contributed by atoms with Crippen molar-refractivity contribution in [1.82, 2.24) is 4.90 Å². The second-order valence-electron chi connectivity index (χ2n) is 8.00. The van der Waals surface area contributed by atoms with Crippen molar-refractivity contribution in [3.8, 4) is 0 Å². The van der Waals surface area contributed by atoms with Gasteiger partial charge < -0.3 is 26.4 Å². The van der Waals surface area contributed by atoms with E-state index >= 15 is 0 Å². The molecule has 0 bridgehead atoms. The highest BCUT2D eigenvalue weighted by atomic mass is 16.5. The molecule has 2 aromatic carbocycles. The molecule has 6 nitrogen and oxygen atoms in total. The van der Waals surface area contributed by atoms with Gasteiger partial charge in [-0.2, -0.15) is 0 Å². The standard InChI is InChI=1S/C24H34N4O2/c1-2-3-17-30-24(19-7-5-4-6-8-19)11-14-28(15-12-24)16-13-27-22-10-9-20(25)18-21(22)23(26)29/h4-10,18,27H,2-3,11-17,25H2,1H3,(H2,26,29). The number of likely N-dealkylation sites (tertiary alicyclic amines) is 1. The van der Waals surface area contributed by atoms with Crippen LogP contribution in [-0.2, 0) is 10.3 Å². The van der Waals surface area contributed by atoms with E-state index in [9.17, 15) is 4.79 Å². The molecular weight excluding hydrogens is 376 g/mol. The number of piperidine rings is 1. The molecule has 30 heavy (non-hydrogen) atoms. The van der Waals surface area contributed by atoms with E-state index in [2.05, 4.69) is 47.5 Å². The number of hydrogen-bond donors (Lipinski definition) is 3. The van der Waals surface area contributed by atoms with Crippen molar-refractivity contribution in [3.63, 3.8) is 0 Å². The normalized spacial score (nSPS) is 16.3. The minimum absolute atomic E-state index is 0.184. The summed E-state index contributed by atoms with van der Waals surface area (Å²) in [4.78, 5) is 14.1. The number of nitrogen functional groups attached to an aromatic ring is 1. The number of nitrogens with two attached hydrogens (primary N) is 2. The van der Waals surface area contributed by atoms with Crippen LogP contribution < -0.4 is 16.8 Å². The largest absolute Gasteiger partial charge is 0.399 e. The summed E-state index contributed by atoms with van der Waals surface area (Å²) >= 11 is 0. The minimum Gasteiger partial charge on any atom is -0.399 e. The summed E-state index contributed by atoms with van der Waals surface area (Å²) in [6, 6.07) is 15.8. The number of ether oxygens (including phenoxy) is 1. The first-order valence-corrected chi connectivity index (χ1v) is 10.9. The highest BCUT2D eigenvalue weighted by Gasteiger charge is 2.36. The fourth-order valence-electron chi connectivity index (χ4n) is 4.08. The molecule has 5 N–H and O–H groups in total. The van der Waals surface area contributed by atoms with Crippen LogP contribution in [0.3, 0.4) is 0 Å². The van der Waals surface area contributed by atoms with E-state index in [1.54, 1.807) is 12.1 Å². The molecule has 0 saturated carbocycles. The average molecular weight is 411 g/mol. The highest BCUT2D eigenvalue weighted by molar-refractivity contribution is 5.99. The molecule has 2 aromatic rings. The Hall–Kier alpha value is -2.57. The van der Waals surface area contributed by atoms with Crippen molar-refractivity contribution in [2.45, 2.75) is 38.2 Å². The maximum Gasteiger partial charge on any atom is 0.250 e. The molecule has 0 atom stereocenters. The molecule has 1 aliphatic heterocycles. The number of primary amides is 1. The van der Waals surface area contributed by atoms with Gasteiger partial charge in [-0.3, -0.25) is 4.79 Å². The number of rotatable bonds is 10. The van der Waals surface area contributed by atoms with Crippen molar-refractivity contribution in [1.29, 1.82) is 0 Å². The Bertz CT molecular complexity index is 817. The first kappa shape index (κ1) is 22.1. The number of anilines is 2. The van der Waals surface area contributed by atoms with Crippen LogP contribution in [0.4, 0.5) is 11.4 Å². The first-order valence-electron chi connectivity index (χ1n) is 10.9. The maximum atomic E-state index is 11.7. The van der Waals surface area contributed by atoms with Crippen molar-refractivity contribution >= 4 is 17.3 Å². The van der Waals surface area contributed by atoms with Crippen molar-refractivity contribution in [3.05, 3.63) is 59.7 Å². The van der Waals surface area contributed by atoms with E-state index in [0.717, 1.165) is 64.2 Å². The Morgan fingerprint density at radius 3 is 2.57 bits per heavy atom.